The summed E-state index contributed by atoms with van der Waals surface area (Å²) in [4.78, 5) is 24.8. The largest absolute Gasteiger partial charge is 0.353 e. The second kappa shape index (κ2) is 8.70. The van der Waals surface area contributed by atoms with Crippen molar-refractivity contribution >= 4 is 29.1 Å². The minimum absolute atomic E-state index is 0.00518. The van der Waals surface area contributed by atoms with Crippen molar-refractivity contribution < 1.29 is 9.59 Å². The standard InChI is InChI=1S/C20H27ClN2O2/c21-16-10-12-18(13-11-16)23-20(25)15-8-6-14(7-9-15)19(24)22-17-4-2-1-3-5-17/h10-15,17H,1-9H2,(H,22,24)(H,23,25). The van der Waals surface area contributed by atoms with E-state index >= 15 is 0 Å². The van der Waals surface area contributed by atoms with Gasteiger partial charge in [0.1, 0.15) is 0 Å². The molecule has 2 aliphatic rings. The van der Waals surface area contributed by atoms with Crippen LogP contribution in [0, 0.1) is 11.8 Å². The number of carbonyl (C=O) groups is 2. The second-order valence-electron chi connectivity index (χ2n) is 7.39. The molecule has 3 rings (SSSR count). The first-order valence-corrected chi connectivity index (χ1v) is 9.86. The Labute approximate surface area is 154 Å². The van der Waals surface area contributed by atoms with Gasteiger partial charge in [-0.1, -0.05) is 30.9 Å². The highest BCUT2D eigenvalue weighted by Crippen LogP contribution is 2.30. The van der Waals surface area contributed by atoms with E-state index in [1.54, 1.807) is 12.1 Å². The van der Waals surface area contributed by atoms with Crippen molar-refractivity contribution in [3.63, 3.8) is 0 Å². The maximum atomic E-state index is 12.4. The maximum Gasteiger partial charge on any atom is 0.227 e. The van der Waals surface area contributed by atoms with Crippen LogP contribution < -0.4 is 10.6 Å². The molecule has 5 heteroatoms. The lowest BCUT2D eigenvalue weighted by atomic mass is 9.80. The van der Waals surface area contributed by atoms with Gasteiger partial charge in [-0.05, 0) is 62.8 Å². The van der Waals surface area contributed by atoms with Gasteiger partial charge in [0.25, 0.3) is 0 Å². The Morgan fingerprint density at radius 3 is 1.96 bits per heavy atom. The van der Waals surface area contributed by atoms with E-state index in [2.05, 4.69) is 10.6 Å². The molecule has 0 spiro atoms. The van der Waals surface area contributed by atoms with E-state index in [0.29, 0.717) is 11.1 Å². The van der Waals surface area contributed by atoms with Crippen molar-refractivity contribution in [3.8, 4) is 0 Å². The zero-order valence-electron chi connectivity index (χ0n) is 14.6. The van der Waals surface area contributed by atoms with Gasteiger partial charge in [0.15, 0.2) is 0 Å². The smallest absolute Gasteiger partial charge is 0.227 e. The molecule has 0 unspecified atom stereocenters. The normalized spacial score (nSPS) is 24.5. The Balaban J connectivity index is 1.43. The third-order valence-corrected chi connectivity index (χ3v) is 5.78. The Kier molecular flexibility index (Phi) is 6.35. The summed E-state index contributed by atoms with van der Waals surface area (Å²) in [5.41, 5.74) is 0.770. The molecule has 0 aliphatic heterocycles. The van der Waals surface area contributed by atoms with Crippen molar-refractivity contribution in [1.82, 2.24) is 5.32 Å². The average molecular weight is 363 g/mol. The summed E-state index contributed by atoms with van der Waals surface area (Å²) in [6, 6.07) is 7.52. The number of halogens is 1. The van der Waals surface area contributed by atoms with E-state index in [1.807, 2.05) is 12.1 Å². The summed E-state index contributed by atoms with van der Waals surface area (Å²) in [6.07, 6.45) is 9.14. The molecule has 2 saturated carbocycles. The summed E-state index contributed by atoms with van der Waals surface area (Å²) in [6.45, 7) is 0. The summed E-state index contributed by atoms with van der Waals surface area (Å²) in [5.74, 6) is 0.313. The molecule has 4 nitrogen and oxygen atoms in total. The molecular formula is C20H27ClN2O2. The number of hydrogen-bond donors (Lipinski definition) is 2. The lowest BCUT2D eigenvalue weighted by Gasteiger charge is -2.29. The van der Waals surface area contributed by atoms with Gasteiger partial charge >= 0.3 is 0 Å². The molecule has 0 aromatic heterocycles. The van der Waals surface area contributed by atoms with Crippen LogP contribution in [0.3, 0.4) is 0 Å². The van der Waals surface area contributed by atoms with Crippen LogP contribution in [0.15, 0.2) is 24.3 Å². The topological polar surface area (TPSA) is 58.2 Å². The van der Waals surface area contributed by atoms with Gasteiger partial charge in [-0.2, -0.15) is 0 Å². The Morgan fingerprint density at radius 2 is 1.36 bits per heavy atom. The van der Waals surface area contributed by atoms with Crippen LogP contribution in [0.25, 0.3) is 0 Å². The second-order valence-corrected chi connectivity index (χ2v) is 7.82. The molecule has 2 amide bonds. The third-order valence-electron chi connectivity index (χ3n) is 5.53. The Bertz CT molecular complexity index is 588. The first-order valence-electron chi connectivity index (χ1n) is 9.48. The molecule has 0 heterocycles. The molecule has 0 atom stereocenters. The van der Waals surface area contributed by atoms with Gasteiger partial charge in [-0.3, -0.25) is 9.59 Å². The fraction of sp³-hybridized carbons (Fsp3) is 0.600. The van der Waals surface area contributed by atoms with Crippen molar-refractivity contribution in [3.05, 3.63) is 29.3 Å². The molecule has 1 aromatic carbocycles. The van der Waals surface area contributed by atoms with E-state index in [0.717, 1.165) is 44.2 Å². The number of hydrogen-bond acceptors (Lipinski definition) is 2. The number of nitrogens with one attached hydrogen (secondary N) is 2. The first-order chi connectivity index (χ1) is 12.1. The molecule has 0 bridgehead atoms. The van der Waals surface area contributed by atoms with Crippen LogP contribution in [0.4, 0.5) is 5.69 Å². The maximum absolute atomic E-state index is 12.4. The summed E-state index contributed by atoms with van der Waals surface area (Å²) < 4.78 is 0. The Morgan fingerprint density at radius 1 is 0.800 bits per heavy atom. The molecule has 136 valence electrons. The van der Waals surface area contributed by atoms with E-state index in [1.165, 1.54) is 19.3 Å². The van der Waals surface area contributed by atoms with E-state index in [4.69, 9.17) is 11.6 Å². The molecular weight excluding hydrogens is 336 g/mol. The zero-order valence-corrected chi connectivity index (χ0v) is 15.4. The van der Waals surface area contributed by atoms with Crippen LogP contribution in [-0.4, -0.2) is 17.9 Å². The fourth-order valence-corrected chi connectivity index (χ4v) is 4.09. The Hall–Kier alpha value is -1.55. The van der Waals surface area contributed by atoms with Crippen LogP contribution in [-0.2, 0) is 9.59 Å². The van der Waals surface area contributed by atoms with Crippen molar-refractivity contribution in [2.24, 2.45) is 11.8 Å². The van der Waals surface area contributed by atoms with Crippen LogP contribution >= 0.6 is 11.6 Å². The van der Waals surface area contributed by atoms with E-state index in [-0.39, 0.29) is 23.7 Å². The summed E-state index contributed by atoms with van der Waals surface area (Å²) in [7, 11) is 0. The lowest BCUT2D eigenvalue weighted by molar-refractivity contribution is -0.129. The molecule has 2 N–H and O–H groups in total. The number of anilines is 1. The summed E-state index contributed by atoms with van der Waals surface area (Å²) >= 11 is 5.86. The number of amides is 2. The van der Waals surface area contributed by atoms with Crippen LogP contribution in [0.5, 0.6) is 0 Å². The predicted molar refractivity (Wildman–Crippen MR) is 101 cm³/mol. The lowest BCUT2D eigenvalue weighted by Crippen LogP contribution is -2.41. The third kappa shape index (κ3) is 5.21. The molecule has 2 aliphatic carbocycles. The number of carbonyl (C=O) groups excluding carboxylic acids is 2. The number of benzene rings is 1. The number of rotatable bonds is 4. The predicted octanol–water partition coefficient (Wildman–Crippen LogP) is 4.53. The average Bonchev–Trinajstić information content (AvgIpc) is 2.64. The monoisotopic (exact) mass is 362 g/mol. The molecule has 25 heavy (non-hydrogen) atoms. The summed E-state index contributed by atoms with van der Waals surface area (Å²) in [5, 5.41) is 6.83. The highest BCUT2D eigenvalue weighted by atomic mass is 35.5. The van der Waals surface area contributed by atoms with Gasteiger partial charge in [-0.15, -0.1) is 0 Å². The van der Waals surface area contributed by atoms with Gasteiger partial charge in [0.05, 0.1) is 0 Å². The quantitative estimate of drug-likeness (QED) is 0.826. The van der Waals surface area contributed by atoms with Gasteiger partial charge in [0.2, 0.25) is 11.8 Å². The molecule has 2 fully saturated rings. The molecule has 1 aromatic rings. The fourth-order valence-electron chi connectivity index (χ4n) is 3.96. The zero-order chi connectivity index (χ0) is 17.6. The van der Waals surface area contributed by atoms with Crippen LogP contribution in [0.1, 0.15) is 57.8 Å². The molecule has 0 radical (unpaired) electrons. The first kappa shape index (κ1) is 18.2. The van der Waals surface area contributed by atoms with Crippen LogP contribution in [0.2, 0.25) is 5.02 Å². The SMILES string of the molecule is O=C(Nc1ccc(Cl)cc1)C1CCC(C(=O)NC2CCCCC2)CC1. The van der Waals surface area contributed by atoms with Gasteiger partial charge in [-0.25, -0.2) is 0 Å². The van der Waals surface area contributed by atoms with Gasteiger partial charge in [0, 0.05) is 28.6 Å². The van der Waals surface area contributed by atoms with Crippen molar-refractivity contribution in [1.29, 1.82) is 0 Å². The van der Waals surface area contributed by atoms with Gasteiger partial charge < -0.3 is 10.6 Å². The molecule has 0 saturated heterocycles. The van der Waals surface area contributed by atoms with Crippen molar-refractivity contribution in [2.45, 2.75) is 63.8 Å². The highest BCUT2D eigenvalue weighted by Gasteiger charge is 2.31. The van der Waals surface area contributed by atoms with E-state index in [9.17, 15) is 9.59 Å². The van der Waals surface area contributed by atoms with Crippen molar-refractivity contribution in [2.75, 3.05) is 5.32 Å². The minimum Gasteiger partial charge on any atom is -0.353 e. The minimum atomic E-state index is -0.00518. The highest BCUT2D eigenvalue weighted by molar-refractivity contribution is 6.30. The van der Waals surface area contributed by atoms with E-state index < -0.39 is 0 Å².